The van der Waals surface area contributed by atoms with Crippen LogP contribution in [0.25, 0.3) is 0 Å². The lowest BCUT2D eigenvalue weighted by atomic mass is 10.1. The van der Waals surface area contributed by atoms with Crippen molar-refractivity contribution in [2.24, 2.45) is 0 Å². The first kappa shape index (κ1) is 16.9. The molecule has 0 unspecified atom stereocenters. The third-order valence-corrected chi connectivity index (χ3v) is 2.72. The van der Waals surface area contributed by atoms with Gasteiger partial charge in [0.15, 0.2) is 6.10 Å². The Morgan fingerprint density at radius 3 is 2.20 bits per heavy atom. The molecule has 0 aliphatic heterocycles. The van der Waals surface area contributed by atoms with Crippen molar-refractivity contribution in [1.82, 2.24) is 0 Å². The van der Waals surface area contributed by atoms with E-state index in [4.69, 9.17) is 14.9 Å². The average Bonchev–Trinajstić information content (AvgIpc) is 2.41. The van der Waals surface area contributed by atoms with E-state index in [1.54, 1.807) is 0 Å². The number of benzene rings is 1. The normalized spacial score (nSPS) is 16.7. The van der Waals surface area contributed by atoms with Gasteiger partial charge in [0.25, 0.3) is 0 Å². The van der Waals surface area contributed by atoms with Crippen LogP contribution in [0.3, 0.4) is 0 Å². The van der Waals surface area contributed by atoms with Crippen molar-refractivity contribution in [3.05, 3.63) is 35.9 Å². The number of ether oxygens (including phenoxy) is 1. The number of aliphatic hydroxyl groups excluding tert-OH is 3. The largest absolute Gasteiger partial charge is 0.417 e. The van der Waals surface area contributed by atoms with Crippen molar-refractivity contribution in [1.29, 1.82) is 0 Å². The van der Waals surface area contributed by atoms with Gasteiger partial charge >= 0.3 is 6.18 Å². The molecule has 1 rings (SSSR count). The van der Waals surface area contributed by atoms with Gasteiger partial charge in [-0.3, -0.25) is 0 Å². The topological polar surface area (TPSA) is 69.9 Å². The zero-order chi connectivity index (χ0) is 15.2. The Morgan fingerprint density at radius 2 is 1.65 bits per heavy atom. The lowest BCUT2D eigenvalue weighted by molar-refractivity contribution is -0.242. The predicted octanol–water partition coefficient (Wildman–Crippen LogP) is 1.24. The molecule has 7 heteroatoms. The highest BCUT2D eigenvalue weighted by Crippen LogP contribution is 2.24. The van der Waals surface area contributed by atoms with Gasteiger partial charge in [0.1, 0.15) is 6.10 Å². The van der Waals surface area contributed by atoms with Gasteiger partial charge in [-0.25, -0.2) is 0 Å². The zero-order valence-corrected chi connectivity index (χ0v) is 10.6. The van der Waals surface area contributed by atoms with E-state index in [0.717, 1.165) is 5.56 Å². The molecule has 0 heterocycles. The van der Waals surface area contributed by atoms with Crippen LogP contribution in [0.1, 0.15) is 12.0 Å². The minimum atomic E-state index is -4.97. The van der Waals surface area contributed by atoms with E-state index in [1.165, 1.54) is 0 Å². The Bertz CT molecular complexity index is 383. The molecule has 0 aromatic heterocycles. The lowest BCUT2D eigenvalue weighted by Crippen LogP contribution is -2.46. The highest BCUT2D eigenvalue weighted by Gasteiger charge is 2.45. The molecule has 0 aliphatic carbocycles. The second-order valence-electron chi connectivity index (χ2n) is 4.37. The maximum Gasteiger partial charge on any atom is 0.417 e. The summed E-state index contributed by atoms with van der Waals surface area (Å²) < 4.78 is 41.5. The number of alkyl halides is 3. The Balaban J connectivity index is 2.28. The van der Waals surface area contributed by atoms with Crippen LogP contribution < -0.4 is 0 Å². The van der Waals surface area contributed by atoms with Crippen LogP contribution >= 0.6 is 0 Å². The molecular formula is C13H17F3O4. The summed E-state index contributed by atoms with van der Waals surface area (Å²) in [7, 11) is 0. The van der Waals surface area contributed by atoms with Crippen molar-refractivity contribution < 1.29 is 33.2 Å². The standard InChI is InChI=1S/C13H17F3O4/c14-13(15,16)12(19)11(18)10(17)6-7-20-8-9-4-2-1-3-5-9/h1-5,10-12,17-19H,6-8H2/t10-,11+,12+/m0/s1. The zero-order valence-electron chi connectivity index (χ0n) is 10.6. The third-order valence-electron chi connectivity index (χ3n) is 2.72. The van der Waals surface area contributed by atoms with E-state index < -0.39 is 24.5 Å². The van der Waals surface area contributed by atoms with Gasteiger partial charge in [0, 0.05) is 6.61 Å². The van der Waals surface area contributed by atoms with Crippen LogP contribution in [0.15, 0.2) is 30.3 Å². The number of halogens is 3. The van der Waals surface area contributed by atoms with Crippen LogP contribution in [0.5, 0.6) is 0 Å². The first-order valence-corrected chi connectivity index (χ1v) is 6.05. The minimum absolute atomic E-state index is 0.0301. The SMILES string of the molecule is O[C@@H]([C@@H](O)C(F)(F)F)[C@@H](O)CCOCc1ccccc1. The van der Waals surface area contributed by atoms with Crippen LogP contribution in [0.4, 0.5) is 13.2 Å². The fraction of sp³-hybridized carbons (Fsp3) is 0.538. The Labute approximate surface area is 114 Å². The molecule has 0 bridgehead atoms. The van der Waals surface area contributed by atoms with E-state index in [1.807, 2.05) is 30.3 Å². The van der Waals surface area contributed by atoms with Gasteiger partial charge in [0.2, 0.25) is 0 Å². The smallest absolute Gasteiger partial charge is 0.390 e. The van der Waals surface area contributed by atoms with E-state index in [-0.39, 0.29) is 19.6 Å². The molecule has 1 aromatic rings. The third kappa shape index (κ3) is 5.46. The number of hydrogen-bond acceptors (Lipinski definition) is 4. The van der Waals surface area contributed by atoms with Crippen LogP contribution in [0.2, 0.25) is 0 Å². The first-order valence-electron chi connectivity index (χ1n) is 6.05. The summed E-state index contributed by atoms with van der Waals surface area (Å²) in [6, 6.07) is 9.10. The predicted molar refractivity (Wildman–Crippen MR) is 64.8 cm³/mol. The van der Waals surface area contributed by atoms with Gasteiger partial charge in [-0.05, 0) is 12.0 Å². The lowest BCUT2D eigenvalue weighted by Gasteiger charge is -2.24. The van der Waals surface area contributed by atoms with Crippen molar-refractivity contribution in [2.75, 3.05) is 6.61 Å². The molecule has 0 saturated carbocycles. The Kier molecular flexibility index (Phi) is 6.41. The summed E-state index contributed by atoms with van der Waals surface area (Å²) in [6.45, 7) is 0.225. The van der Waals surface area contributed by atoms with Crippen molar-refractivity contribution in [2.45, 2.75) is 37.5 Å². The number of hydrogen-bond donors (Lipinski definition) is 3. The highest BCUT2D eigenvalue weighted by molar-refractivity contribution is 5.13. The minimum Gasteiger partial charge on any atom is -0.390 e. The molecule has 3 atom stereocenters. The quantitative estimate of drug-likeness (QED) is 0.662. The van der Waals surface area contributed by atoms with Gasteiger partial charge in [-0.1, -0.05) is 30.3 Å². The van der Waals surface area contributed by atoms with E-state index in [0.29, 0.717) is 0 Å². The fourth-order valence-corrected chi connectivity index (χ4v) is 1.54. The van der Waals surface area contributed by atoms with E-state index in [2.05, 4.69) is 0 Å². The maximum atomic E-state index is 12.1. The molecular weight excluding hydrogens is 277 g/mol. The molecule has 0 aliphatic rings. The summed E-state index contributed by atoms with van der Waals surface area (Å²) in [6.07, 6.45) is -12.1. The van der Waals surface area contributed by atoms with Crippen molar-refractivity contribution in [3.63, 3.8) is 0 Å². The highest BCUT2D eigenvalue weighted by atomic mass is 19.4. The molecule has 3 N–H and O–H groups in total. The fourth-order valence-electron chi connectivity index (χ4n) is 1.54. The summed E-state index contributed by atoms with van der Waals surface area (Å²) >= 11 is 0. The van der Waals surface area contributed by atoms with Gasteiger partial charge in [-0.15, -0.1) is 0 Å². The summed E-state index contributed by atoms with van der Waals surface area (Å²) in [5.41, 5.74) is 0.887. The van der Waals surface area contributed by atoms with Crippen LogP contribution in [-0.4, -0.2) is 46.4 Å². The first-order chi connectivity index (χ1) is 9.32. The second-order valence-corrected chi connectivity index (χ2v) is 4.37. The van der Waals surface area contributed by atoms with Gasteiger partial charge in [0.05, 0.1) is 12.7 Å². The number of rotatable bonds is 7. The molecule has 0 fully saturated rings. The summed E-state index contributed by atoms with van der Waals surface area (Å²) in [5, 5.41) is 27.3. The Hall–Kier alpha value is -1.15. The Morgan fingerprint density at radius 1 is 1.05 bits per heavy atom. The second kappa shape index (κ2) is 7.58. The molecule has 20 heavy (non-hydrogen) atoms. The maximum absolute atomic E-state index is 12.1. The molecule has 4 nitrogen and oxygen atoms in total. The van der Waals surface area contributed by atoms with Crippen molar-refractivity contribution in [3.8, 4) is 0 Å². The molecule has 114 valence electrons. The number of aliphatic hydroxyl groups is 3. The molecule has 1 aromatic carbocycles. The summed E-state index contributed by atoms with van der Waals surface area (Å²) in [5.74, 6) is 0. The van der Waals surface area contributed by atoms with Crippen molar-refractivity contribution >= 4 is 0 Å². The summed E-state index contributed by atoms with van der Waals surface area (Å²) in [4.78, 5) is 0. The van der Waals surface area contributed by atoms with Crippen LogP contribution in [-0.2, 0) is 11.3 Å². The molecule has 0 saturated heterocycles. The molecule has 0 spiro atoms. The molecule has 0 radical (unpaired) electrons. The van der Waals surface area contributed by atoms with Gasteiger partial charge in [-0.2, -0.15) is 13.2 Å². The van der Waals surface area contributed by atoms with E-state index in [9.17, 15) is 18.3 Å². The monoisotopic (exact) mass is 294 g/mol. The average molecular weight is 294 g/mol. The van der Waals surface area contributed by atoms with Gasteiger partial charge < -0.3 is 20.1 Å². The molecule has 0 amide bonds. The van der Waals surface area contributed by atoms with Crippen LogP contribution in [0, 0.1) is 0 Å². The van der Waals surface area contributed by atoms with E-state index >= 15 is 0 Å².